The van der Waals surface area contributed by atoms with Crippen LogP contribution in [0, 0.1) is 17.0 Å². The van der Waals surface area contributed by atoms with Gasteiger partial charge in [-0.05, 0) is 31.5 Å². The molecule has 0 saturated heterocycles. The SMILES string of the molecule is Cc1cccc(OCCCc2nc3ccccc3[nH]2)c1[N+](=O)[O-]. The van der Waals surface area contributed by atoms with Gasteiger partial charge in [0.2, 0.25) is 0 Å². The van der Waals surface area contributed by atoms with E-state index in [1.807, 2.05) is 24.3 Å². The van der Waals surface area contributed by atoms with E-state index in [4.69, 9.17) is 4.74 Å². The number of nitrogens with zero attached hydrogens (tertiary/aromatic N) is 2. The minimum Gasteiger partial charge on any atom is -0.487 e. The molecule has 6 nitrogen and oxygen atoms in total. The average Bonchev–Trinajstić information content (AvgIpc) is 2.94. The number of aryl methyl sites for hydroxylation is 2. The van der Waals surface area contributed by atoms with E-state index in [0.717, 1.165) is 29.7 Å². The first-order chi connectivity index (χ1) is 11.1. The van der Waals surface area contributed by atoms with Gasteiger partial charge in [0.25, 0.3) is 0 Å². The molecule has 0 aliphatic carbocycles. The Balaban J connectivity index is 1.60. The number of fused-ring (bicyclic) bond motifs is 1. The highest BCUT2D eigenvalue weighted by Crippen LogP contribution is 2.30. The Labute approximate surface area is 133 Å². The minimum atomic E-state index is -0.399. The number of aromatic amines is 1. The fourth-order valence-corrected chi connectivity index (χ4v) is 2.53. The van der Waals surface area contributed by atoms with Gasteiger partial charge in [-0.25, -0.2) is 4.98 Å². The van der Waals surface area contributed by atoms with Crippen LogP contribution in [-0.4, -0.2) is 21.5 Å². The zero-order valence-electron chi connectivity index (χ0n) is 12.8. The van der Waals surface area contributed by atoms with Crippen LogP contribution in [0.25, 0.3) is 11.0 Å². The molecule has 2 aromatic carbocycles. The van der Waals surface area contributed by atoms with Crippen molar-refractivity contribution in [3.63, 3.8) is 0 Å². The molecule has 118 valence electrons. The first kappa shape index (κ1) is 15.0. The molecule has 0 saturated carbocycles. The van der Waals surface area contributed by atoms with Crippen LogP contribution in [0.3, 0.4) is 0 Å². The number of rotatable bonds is 6. The summed E-state index contributed by atoms with van der Waals surface area (Å²) in [6.45, 7) is 2.11. The van der Waals surface area contributed by atoms with Crippen molar-refractivity contribution in [3.8, 4) is 5.75 Å². The van der Waals surface area contributed by atoms with Gasteiger partial charge in [0.1, 0.15) is 5.82 Å². The van der Waals surface area contributed by atoms with Crippen LogP contribution >= 0.6 is 0 Å². The van der Waals surface area contributed by atoms with E-state index in [1.54, 1.807) is 25.1 Å². The molecule has 3 aromatic rings. The molecule has 3 rings (SSSR count). The highest BCUT2D eigenvalue weighted by atomic mass is 16.6. The third kappa shape index (κ3) is 3.31. The molecule has 0 radical (unpaired) electrons. The van der Waals surface area contributed by atoms with Gasteiger partial charge in [-0.1, -0.05) is 24.3 Å². The Hall–Kier alpha value is -2.89. The Morgan fingerprint density at radius 1 is 1.22 bits per heavy atom. The van der Waals surface area contributed by atoms with Crippen LogP contribution in [-0.2, 0) is 6.42 Å². The van der Waals surface area contributed by atoms with E-state index < -0.39 is 4.92 Å². The molecule has 1 N–H and O–H groups in total. The second-order valence-electron chi connectivity index (χ2n) is 5.33. The predicted octanol–water partition coefficient (Wildman–Crippen LogP) is 3.79. The van der Waals surface area contributed by atoms with E-state index in [1.165, 1.54) is 0 Å². The highest BCUT2D eigenvalue weighted by Gasteiger charge is 2.17. The normalized spacial score (nSPS) is 10.8. The van der Waals surface area contributed by atoms with Crippen LogP contribution in [0.4, 0.5) is 5.69 Å². The molecule has 23 heavy (non-hydrogen) atoms. The van der Waals surface area contributed by atoms with Crippen molar-refractivity contribution in [2.24, 2.45) is 0 Å². The first-order valence-corrected chi connectivity index (χ1v) is 7.45. The van der Waals surface area contributed by atoms with Crippen molar-refractivity contribution < 1.29 is 9.66 Å². The maximum atomic E-state index is 11.1. The summed E-state index contributed by atoms with van der Waals surface area (Å²) < 4.78 is 5.59. The largest absolute Gasteiger partial charge is 0.487 e. The number of nitrogens with one attached hydrogen (secondary N) is 1. The number of nitro groups is 1. The van der Waals surface area contributed by atoms with Gasteiger partial charge in [-0.3, -0.25) is 10.1 Å². The van der Waals surface area contributed by atoms with Crippen molar-refractivity contribution >= 4 is 16.7 Å². The van der Waals surface area contributed by atoms with Gasteiger partial charge in [-0.2, -0.15) is 0 Å². The van der Waals surface area contributed by atoms with Crippen molar-refractivity contribution in [2.45, 2.75) is 19.8 Å². The van der Waals surface area contributed by atoms with Crippen molar-refractivity contribution in [1.82, 2.24) is 9.97 Å². The third-order valence-electron chi connectivity index (χ3n) is 3.64. The number of nitro benzene ring substituents is 1. The summed E-state index contributed by atoms with van der Waals surface area (Å²) >= 11 is 0. The molecular formula is C17H17N3O3. The van der Waals surface area contributed by atoms with Crippen LogP contribution in [0.15, 0.2) is 42.5 Å². The van der Waals surface area contributed by atoms with Crippen molar-refractivity contribution in [1.29, 1.82) is 0 Å². The zero-order chi connectivity index (χ0) is 16.2. The molecule has 0 fully saturated rings. The number of imidazole rings is 1. The summed E-state index contributed by atoms with van der Waals surface area (Å²) in [5, 5.41) is 11.1. The topological polar surface area (TPSA) is 81.0 Å². The summed E-state index contributed by atoms with van der Waals surface area (Å²) in [6.07, 6.45) is 1.46. The maximum absolute atomic E-state index is 11.1. The quantitative estimate of drug-likeness (QED) is 0.426. The van der Waals surface area contributed by atoms with Crippen LogP contribution in [0.1, 0.15) is 17.8 Å². The van der Waals surface area contributed by atoms with Crippen molar-refractivity contribution in [2.75, 3.05) is 6.61 Å². The van der Waals surface area contributed by atoms with Crippen LogP contribution < -0.4 is 4.74 Å². The molecule has 0 amide bonds. The molecule has 6 heteroatoms. The number of hydrogen-bond acceptors (Lipinski definition) is 4. The number of ether oxygens (including phenoxy) is 1. The highest BCUT2D eigenvalue weighted by molar-refractivity contribution is 5.74. The molecule has 0 aliphatic rings. The Kier molecular flexibility index (Phi) is 4.23. The van der Waals surface area contributed by atoms with E-state index in [2.05, 4.69) is 9.97 Å². The van der Waals surface area contributed by atoms with Crippen molar-refractivity contribution in [3.05, 3.63) is 64.0 Å². The predicted molar refractivity (Wildman–Crippen MR) is 87.7 cm³/mol. The fourth-order valence-electron chi connectivity index (χ4n) is 2.53. The molecule has 1 heterocycles. The van der Waals surface area contributed by atoms with E-state index >= 15 is 0 Å². The first-order valence-electron chi connectivity index (χ1n) is 7.45. The summed E-state index contributed by atoms with van der Waals surface area (Å²) in [5.41, 5.74) is 2.59. The standard InChI is InChI=1S/C17H17N3O3/c1-12-6-4-9-15(17(12)20(21)22)23-11-5-10-16-18-13-7-2-3-8-14(13)19-16/h2-4,6-9H,5,10-11H2,1H3,(H,18,19). The van der Waals surface area contributed by atoms with Gasteiger partial charge < -0.3 is 9.72 Å². The second kappa shape index (κ2) is 6.48. The Bertz CT molecular complexity index is 809. The summed E-state index contributed by atoms with van der Waals surface area (Å²) in [4.78, 5) is 18.5. The number of H-pyrrole nitrogens is 1. The molecular weight excluding hydrogens is 294 g/mol. The van der Waals surface area contributed by atoms with Gasteiger partial charge in [0.05, 0.1) is 22.6 Å². The Morgan fingerprint density at radius 3 is 2.83 bits per heavy atom. The molecule has 0 aliphatic heterocycles. The summed E-state index contributed by atoms with van der Waals surface area (Å²) in [5.74, 6) is 1.22. The molecule has 0 atom stereocenters. The number of hydrogen-bond donors (Lipinski definition) is 1. The van der Waals surface area contributed by atoms with Gasteiger partial charge in [0, 0.05) is 12.0 Å². The fraction of sp³-hybridized carbons (Fsp3) is 0.235. The molecule has 0 spiro atoms. The lowest BCUT2D eigenvalue weighted by molar-refractivity contribution is -0.386. The minimum absolute atomic E-state index is 0.0382. The number of benzene rings is 2. The van der Waals surface area contributed by atoms with E-state index in [-0.39, 0.29) is 5.69 Å². The Morgan fingerprint density at radius 2 is 2.04 bits per heavy atom. The van der Waals surface area contributed by atoms with Gasteiger partial charge >= 0.3 is 5.69 Å². The lowest BCUT2D eigenvalue weighted by Crippen LogP contribution is -2.03. The smallest absolute Gasteiger partial charge is 0.313 e. The van der Waals surface area contributed by atoms with Crippen LogP contribution in [0.5, 0.6) is 5.75 Å². The second-order valence-corrected chi connectivity index (χ2v) is 5.33. The number of para-hydroxylation sites is 3. The molecule has 1 aromatic heterocycles. The lowest BCUT2D eigenvalue weighted by atomic mass is 10.2. The molecule has 0 bridgehead atoms. The van der Waals surface area contributed by atoms with Gasteiger partial charge in [-0.15, -0.1) is 0 Å². The number of aromatic nitrogens is 2. The van der Waals surface area contributed by atoms with Crippen LogP contribution in [0.2, 0.25) is 0 Å². The lowest BCUT2D eigenvalue weighted by Gasteiger charge is -2.07. The van der Waals surface area contributed by atoms with Gasteiger partial charge in [0.15, 0.2) is 5.75 Å². The van der Waals surface area contributed by atoms with E-state index in [0.29, 0.717) is 17.9 Å². The summed E-state index contributed by atoms with van der Waals surface area (Å²) in [7, 11) is 0. The summed E-state index contributed by atoms with van der Waals surface area (Å²) in [6, 6.07) is 13.0. The monoisotopic (exact) mass is 311 g/mol. The maximum Gasteiger partial charge on any atom is 0.313 e. The van der Waals surface area contributed by atoms with E-state index in [9.17, 15) is 10.1 Å². The molecule has 0 unspecified atom stereocenters. The third-order valence-corrected chi connectivity index (χ3v) is 3.64. The zero-order valence-corrected chi connectivity index (χ0v) is 12.8. The average molecular weight is 311 g/mol.